The van der Waals surface area contributed by atoms with Crippen molar-refractivity contribution < 1.29 is 14.3 Å². The minimum absolute atomic E-state index is 0.0172. The first-order chi connectivity index (χ1) is 12.2. The van der Waals surface area contributed by atoms with Crippen LogP contribution in [0.5, 0.6) is 5.75 Å². The van der Waals surface area contributed by atoms with E-state index < -0.39 is 0 Å². The maximum atomic E-state index is 12.4. The van der Waals surface area contributed by atoms with Gasteiger partial charge in [0.05, 0.1) is 13.0 Å². The van der Waals surface area contributed by atoms with Crippen molar-refractivity contribution in [2.75, 3.05) is 26.7 Å². The Hall–Kier alpha value is -2.24. The Kier molecular flexibility index (Phi) is 5.79. The average molecular weight is 345 g/mol. The number of carbonyl (C=O) groups is 2. The van der Waals surface area contributed by atoms with Gasteiger partial charge in [0.2, 0.25) is 5.91 Å². The summed E-state index contributed by atoms with van der Waals surface area (Å²) < 4.78 is 5.21. The molecule has 1 aliphatic heterocycles. The Morgan fingerprint density at radius 3 is 2.88 bits per heavy atom. The van der Waals surface area contributed by atoms with E-state index in [-0.39, 0.29) is 17.9 Å². The lowest BCUT2D eigenvalue weighted by Gasteiger charge is -2.32. The molecule has 0 aromatic heterocycles. The predicted molar refractivity (Wildman–Crippen MR) is 95.6 cm³/mol. The van der Waals surface area contributed by atoms with Crippen LogP contribution in [0.15, 0.2) is 24.3 Å². The van der Waals surface area contributed by atoms with E-state index >= 15 is 0 Å². The van der Waals surface area contributed by atoms with Crippen LogP contribution in [-0.4, -0.2) is 49.6 Å². The zero-order valence-corrected chi connectivity index (χ0v) is 14.8. The smallest absolute Gasteiger partial charge is 0.317 e. The topological polar surface area (TPSA) is 70.7 Å². The lowest BCUT2D eigenvalue weighted by atomic mass is 9.97. The van der Waals surface area contributed by atoms with Crippen molar-refractivity contribution in [3.05, 3.63) is 29.8 Å². The number of ether oxygens (including phenoxy) is 1. The number of carbonyl (C=O) groups excluding carboxylic acids is 2. The molecule has 1 aromatic carbocycles. The van der Waals surface area contributed by atoms with E-state index in [1.54, 1.807) is 12.0 Å². The number of hydrogen-bond donors (Lipinski definition) is 2. The number of nitrogens with one attached hydrogen (secondary N) is 2. The summed E-state index contributed by atoms with van der Waals surface area (Å²) >= 11 is 0. The van der Waals surface area contributed by atoms with Crippen LogP contribution in [0.4, 0.5) is 4.79 Å². The molecule has 1 saturated heterocycles. The van der Waals surface area contributed by atoms with Gasteiger partial charge in [-0.25, -0.2) is 4.79 Å². The molecule has 1 unspecified atom stereocenters. The first-order valence-electron chi connectivity index (χ1n) is 9.12. The highest BCUT2D eigenvalue weighted by Crippen LogP contribution is 2.21. The molecule has 2 aliphatic rings. The zero-order chi connectivity index (χ0) is 17.6. The second-order valence-electron chi connectivity index (χ2n) is 6.90. The van der Waals surface area contributed by atoms with Gasteiger partial charge >= 0.3 is 6.03 Å². The second-order valence-corrected chi connectivity index (χ2v) is 6.90. The van der Waals surface area contributed by atoms with Gasteiger partial charge in [-0.2, -0.15) is 0 Å². The number of rotatable bonds is 6. The normalized spacial score (nSPS) is 20.0. The molecule has 2 N–H and O–H groups in total. The third-order valence-electron chi connectivity index (χ3n) is 4.83. The number of benzene rings is 1. The van der Waals surface area contributed by atoms with Crippen LogP contribution in [0.25, 0.3) is 0 Å². The number of piperidine rings is 1. The molecule has 3 amide bonds. The van der Waals surface area contributed by atoms with Crippen LogP contribution in [0.1, 0.15) is 31.2 Å². The number of nitrogens with zero attached hydrogens (tertiary/aromatic N) is 1. The minimum atomic E-state index is -0.107. The van der Waals surface area contributed by atoms with E-state index in [0.29, 0.717) is 19.1 Å². The van der Waals surface area contributed by atoms with Gasteiger partial charge in [0.1, 0.15) is 5.75 Å². The number of hydrogen-bond acceptors (Lipinski definition) is 3. The third kappa shape index (κ3) is 5.11. The lowest BCUT2D eigenvalue weighted by Crippen LogP contribution is -2.49. The zero-order valence-electron chi connectivity index (χ0n) is 14.8. The largest absolute Gasteiger partial charge is 0.497 e. The minimum Gasteiger partial charge on any atom is -0.497 e. The van der Waals surface area contributed by atoms with Gasteiger partial charge in [-0.05, 0) is 49.8 Å². The van der Waals surface area contributed by atoms with Crippen molar-refractivity contribution in [3.63, 3.8) is 0 Å². The van der Waals surface area contributed by atoms with E-state index in [9.17, 15) is 9.59 Å². The molecule has 6 nitrogen and oxygen atoms in total. The van der Waals surface area contributed by atoms with Crippen molar-refractivity contribution in [3.8, 4) is 5.75 Å². The molecule has 0 radical (unpaired) electrons. The van der Waals surface area contributed by atoms with Crippen LogP contribution < -0.4 is 15.4 Å². The maximum Gasteiger partial charge on any atom is 0.317 e. The quantitative estimate of drug-likeness (QED) is 0.828. The summed E-state index contributed by atoms with van der Waals surface area (Å²) in [5.74, 6) is 0.768. The van der Waals surface area contributed by atoms with E-state index in [1.165, 1.54) is 0 Å². The fraction of sp³-hybridized carbons (Fsp3) is 0.579. The van der Waals surface area contributed by atoms with Crippen molar-refractivity contribution in [2.24, 2.45) is 5.92 Å². The maximum absolute atomic E-state index is 12.4. The van der Waals surface area contributed by atoms with E-state index in [4.69, 9.17) is 4.74 Å². The molecule has 136 valence electrons. The molecular weight excluding hydrogens is 318 g/mol. The Morgan fingerprint density at radius 1 is 1.28 bits per heavy atom. The molecular formula is C19H27N3O3. The van der Waals surface area contributed by atoms with Gasteiger partial charge in [-0.1, -0.05) is 12.1 Å². The number of amides is 3. The first-order valence-corrected chi connectivity index (χ1v) is 9.12. The van der Waals surface area contributed by atoms with Crippen LogP contribution in [0.2, 0.25) is 0 Å². The van der Waals surface area contributed by atoms with Crippen LogP contribution in [0, 0.1) is 5.92 Å². The van der Waals surface area contributed by atoms with E-state index in [2.05, 4.69) is 10.6 Å². The van der Waals surface area contributed by atoms with Gasteiger partial charge < -0.3 is 20.3 Å². The van der Waals surface area contributed by atoms with Crippen LogP contribution >= 0.6 is 0 Å². The number of methoxy groups -OCH3 is 1. The number of urea groups is 1. The van der Waals surface area contributed by atoms with Crippen LogP contribution in [0.3, 0.4) is 0 Å². The molecule has 1 saturated carbocycles. The Bertz CT molecular complexity index is 616. The predicted octanol–water partition coefficient (Wildman–Crippen LogP) is 1.94. The van der Waals surface area contributed by atoms with Crippen molar-refractivity contribution in [1.29, 1.82) is 0 Å². The Morgan fingerprint density at radius 2 is 2.12 bits per heavy atom. The molecule has 1 aromatic rings. The van der Waals surface area contributed by atoms with Crippen molar-refractivity contribution in [2.45, 2.75) is 38.1 Å². The highest BCUT2D eigenvalue weighted by atomic mass is 16.5. The van der Waals surface area contributed by atoms with Gasteiger partial charge in [0.25, 0.3) is 0 Å². The molecule has 0 bridgehead atoms. The summed E-state index contributed by atoms with van der Waals surface area (Å²) in [6.45, 7) is 1.85. The number of likely N-dealkylation sites (tertiary alicyclic amines) is 1. The molecule has 25 heavy (non-hydrogen) atoms. The van der Waals surface area contributed by atoms with Gasteiger partial charge in [0.15, 0.2) is 0 Å². The highest BCUT2D eigenvalue weighted by Gasteiger charge is 2.31. The van der Waals surface area contributed by atoms with Crippen LogP contribution in [-0.2, 0) is 11.2 Å². The highest BCUT2D eigenvalue weighted by molar-refractivity contribution is 5.81. The van der Waals surface area contributed by atoms with Crippen molar-refractivity contribution >= 4 is 11.9 Å². The van der Waals surface area contributed by atoms with Crippen molar-refractivity contribution in [1.82, 2.24) is 15.5 Å². The first kappa shape index (κ1) is 17.6. The summed E-state index contributed by atoms with van der Waals surface area (Å²) in [4.78, 5) is 26.4. The standard InChI is InChI=1S/C19H27N3O3/c1-25-17-6-2-4-14(12-17)9-10-20-18(23)15-5-3-11-22(13-15)19(24)21-16-7-8-16/h2,4,6,12,15-16H,3,5,7-11,13H2,1H3,(H,20,23)(H,21,24). The van der Waals surface area contributed by atoms with E-state index in [1.807, 2.05) is 24.3 Å². The summed E-state index contributed by atoms with van der Waals surface area (Å²) in [6.07, 6.45) is 4.65. The van der Waals surface area contributed by atoms with Gasteiger partial charge in [-0.15, -0.1) is 0 Å². The molecule has 3 rings (SSSR count). The summed E-state index contributed by atoms with van der Waals surface area (Å²) in [5, 5.41) is 6.01. The van der Waals surface area contributed by atoms with E-state index in [0.717, 1.165) is 50.0 Å². The van der Waals surface area contributed by atoms with Gasteiger partial charge in [-0.3, -0.25) is 4.79 Å². The fourth-order valence-electron chi connectivity index (χ4n) is 3.17. The Labute approximate surface area is 148 Å². The van der Waals surface area contributed by atoms with Gasteiger partial charge in [0, 0.05) is 25.7 Å². The SMILES string of the molecule is COc1cccc(CCNC(=O)C2CCCN(C(=O)NC3CC3)C2)c1. The molecule has 1 aliphatic carbocycles. The third-order valence-corrected chi connectivity index (χ3v) is 4.83. The second kappa shape index (κ2) is 8.23. The summed E-state index contributed by atoms with van der Waals surface area (Å²) in [6, 6.07) is 8.20. The average Bonchev–Trinajstić information content (AvgIpc) is 3.46. The monoisotopic (exact) mass is 345 g/mol. The lowest BCUT2D eigenvalue weighted by molar-refractivity contribution is -0.126. The molecule has 6 heteroatoms. The molecule has 1 heterocycles. The molecule has 1 atom stereocenters. The molecule has 0 spiro atoms. The summed E-state index contributed by atoms with van der Waals surface area (Å²) in [5.41, 5.74) is 1.13. The Balaban J connectivity index is 1.43. The fourth-order valence-corrected chi connectivity index (χ4v) is 3.17. The molecule has 2 fully saturated rings. The summed E-state index contributed by atoms with van der Waals surface area (Å²) in [7, 11) is 1.65.